The fraction of sp³-hybridized carbons (Fsp3) is 0.429. The van der Waals surface area contributed by atoms with E-state index in [2.05, 4.69) is 17.6 Å². The summed E-state index contributed by atoms with van der Waals surface area (Å²) < 4.78 is 7.82. The van der Waals surface area contributed by atoms with Gasteiger partial charge in [-0.25, -0.2) is 0 Å². The van der Waals surface area contributed by atoms with Gasteiger partial charge in [-0.2, -0.15) is 0 Å². The zero-order valence-electron chi connectivity index (χ0n) is 10.6. The first-order valence-corrected chi connectivity index (χ1v) is 6.04. The lowest BCUT2D eigenvalue weighted by Crippen LogP contribution is -2.07. The Labute approximate surface area is 102 Å². The summed E-state index contributed by atoms with van der Waals surface area (Å²) >= 11 is 0. The van der Waals surface area contributed by atoms with Gasteiger partial charge in [0.1, 0.15) is 5.75 Å². The van der Waals surface area contributed by atoms with Crippen molar-refractivity contribution < 1.29 is 9.84 Å². The number of aromatic hydroxyl groups is 1. The molecule has 0 bridgehead atoms. The van der Waals surface area contributed by atoms with E-state index in [0.717, 1.165) is 23.1 Å². The van der Waals surface area contributed by atoms with Gasteiger partial charge < -0.3 is 14.4 Å². The van der Waals surface area contributed by atoms with Gasteiger partial charge in [0.05, 0.1) is 18.2 Å². The standard InChI is InChI=1S/C14H19NO2/c1-4-15-12(9-17-10(2)3)7-11-5-6-13(16)8-14(11)15/h5-8,10,16H,4,9H2,1-3H3. The molecule has 1 heterocycles. The molecule has 17 heavy (non-hydrogen) atoms. The normalized spacial score (nSPS) is 11.5. The summed E-state index contributed by atoms with van der Waals surface area (Å²) in [6, 6.07) is 7.59. The summed E-state index contributed by atoms with van der Waals surface area (Å²) in [4.78, 5) is 0. The second kappa shape index (κ2) is 4.80. The largest absolute Gasteiger partial charge is 0.508 e. The molecule has 0 aliphatic heterocycles. The topological polar surface area (TPSA) is 34.4 Å². The highest BCUT2D eigenvalue weighted by Gasteiger charge is 2.08. The Hall–Kier alpha value is -1.48. The molecule has 1 N–H and O–H groups in total. The van der Waals surface area contributed by atoms with Gasteiger partial charge in [0.15, 0.2) is 0 Å². The number of aromatic nitrogens is 1. The lowest BCUT2D eigenvalue weighted by Gasteiger charge is -2.10. The van der Waals surface area contributed by atoms with E-state index < -0.39 is 0 Å². The van der Waals surface area contributed by atoms with E-state index in [1.165, 1.54) is 0 Å². The van der Waals surface area contributed by atoms with Gasteiger partial charge in [-0.3, -0.25) is 0 Å². The first kappa shape index (κ1) is 12.0. The number of aryl methyl sites for hydroxylation is 1. The van der Waals surface area contributed by atoms with Gasteiger partial charge in [0.2, 0.25) is 0 Å². The second-order valence-electron chi connectivity index (χ2n) is 4.48. The maximum absolute atomic E-state index is 9.53. The van der Waals surface area contributed by atoms with Crippen LogP contribution < -0.4 is 0 Å². The van der Waals surface area contributed by atoms with Gasteiger partial charge >= 0.3 is 0 Å². The fourth-order valence-corrected chi connectivity index (χ4v) is 2.05. The molecule has 2 aromatic rings. The lowest BCUT2D eigenvalue weighted by atomic mass is 10.2. The van der Waals surface area contributed by atoms with Crippen LogP contribution in [-0.2, 0) is 17.9 Å². The number of nitrogens with zero attached hydrogens (tertiary/aromatic N) is 1. The van der Waals surface area contributed by atoms with E-state index in [4.69, 9.17) is 4.74 Å². The molecule has 3 heteroatoms. The molecular formula is C14H19NO2. The molecule has 0 saturated carbocycles. The van der Waals surface area contributed by atoms with Crippen LogP contribution in [0, 0.1) is 0 Å². The summed E-state index contributed by atoms with van der Waals surface area (Å²) in [5, 5.41) is 10.7. The molecule has 0 atom stereocenters. The van der Waals surface area contributed by atoms with Crippen LogP contribution in [0.3, 0.4) is 0 Å². The smallest absolute Gasteiger partial charge is 0.117 e. The molecule has 0 saturated heterocycles. The van der Waals surface area contributed by atoms with E-state index in [1.807, 2.05) is 19.9 Å². The van der Waals surface area contributed by atoms with Crippen LogP contribution in [0.15, 0.2) is 24.3 Å². The van der Waals surface area contributed by atoms with E-state index in [0.29, 0.717) is 12.4 Å². The number of hydrogen-bond donors (Lipinski definition) is 1. The van der Waals surface area contributed by atoms with Crippen LogP contribution in [-0.4, -0.2) is 15.8 Å². The molecule has 0 aliphatic rings. The molecule has 1 aromatic heterocycles. The van der Waals surface area contributed by atoms with Crippen LogP contribution in [0.5, 0.6) is 5.75 Å². The Morgan fingerprint density at radius 2 is 2.06 bits per heavy atom. The zero-order chi connectivity index (χ0) is 12.4. The average Bonchev–Trinajstić information content (AvgIpc) is 2.63. The quantitative estimate of drug-likeness (QED) is 0.879. The molecule has 0 fully saturated rings. The first-order chi connectivity index (χ1) is 8.11. The molecular weight excluding hydrogens is 214 g/mol. The molecule has 92 valence electrons. The highest BCUT2D eigenvalue weighted by atomic mass is 16.5. The van der Waals surface area contributed by atoms with Crippen molar-refractivity contribution in [1.82, 2.24) is 4.57 Å². The average molecular weight is 233 g/mol. The summed E-state index contributed by atoms with van der Waals surface area (Å²) in [5.74, 6) is 0.307. The SMILES string of the molecule is CCn1c(COC(C)C)cc2ccc(O)cc21. The molecule has 0 spiro atoms. The van der Waals surface area contributed by atoms with Crippen molar-refractivity contribution in [2.45, 2.75) is 40.0 Å². The number of phenols is 1. The van der Waals surface area contributed by atoms with Crippen molar-refractivity contribution in [3.05, 3.63) is 30.0 Å². The van der Waals surface area contributed by atoms with Crippen LogP contribution in [0.4, 0.5) is 0 Å². The zero-order valence-corrected chi connectivity index (χ0v) is 10.6. The predicted molar refractivity (Wildman–Crippen MR) is 69.2 cm³/mol. The third-order valence-electron chi connectivity index (χ3n) is 2.85. The van der Waals surface area contributed by atoms with Crippen LogP contribution >= 0.6 is 0 Å². The monoisotopic (exact) mass is 233 g/mol. The van der Waals surface area contributed by atoms with Crippen molar-refractivity contribution in [3.8, 4) is 5.75 Å². The molecule has 0 radical (unpaired) electrons. The molecule has 3 nitrogen and oxygen atoms in total. The maximum atomic E-state index is 9.53. The summed E-state index contributed by atoms with van der Waals surface area (Å²) in [6.07, 6.45) is 0.228. The molecule has 0 aliphatic carbocycles. The summed E-state index contributed by atoms with van der Waals surface area (Å²) in [6.45, 7) is 7.66. The van der Waals surface area contributed by atoms with Gasteiger partial charge in [0, 0.05) is 23.7 Å². The highest BCUT2D eigenvalue weighted by molar-refractivity contribution is 5.82. The lowest BCUT2D eigenvalue weighted by molar-refractivity contribution is 0.0620. The Morgan fingerprint density at radius 3 is 2.71 bits per heavy atom. The number of rotatable bonds is 4. The minimum absolute atomic E-state index is 0.228. The van der Waals surface area contributed by atoms with Crippen molar-refractivity contribution in [2.24, 2.45) is 0 Å². The van der Waals surface area contributed by atoms with E-state index in [1.54, 1.807) is 12.1 Å². The minimum Gasteiger partial charge on any atom is -0.508 e. The maximum Gasteiger partial charge on any atom is 0.117 e. The van der Waals surface area contributed by atoms with Crippen molar-refractivity contribution in [2.75, 3.05) is 0 Å². The first-order valence-electron chi connectivity index (χ1n) is 6.04. The van der Waals surface area contributed by atoms with Gasteiger partial charge in [-0.05, 0) is 39.0 Å². The Bertz CT molecular complexity index is 514. The third-order valence-corrected chi connectivity index (χ3v) is 2.85. The van der Waals surface area contributed by atoms with Gasteiger partial charge in [-0.1, -0.05) is 0 Å². The van der Waals surface area contributed by atoms with Crippen molar-refractivity contribution >= 4 is 10.9 Å². The van der Waals surface area contributed by atoms with E-state index in [-0.39, 0.29) is 6.10 Å². The number of hydrogen-bond acceptors (Lipinski definition) is 2. The minimum atomic E-state index is 0.228. The number of phenolic OH excluding ortho intramolecular Hbond substituents is 1. The summed E-state index contributed by atoms with van der Waals surface area (Å²) in [5.41, 5.74) is 2.22. The van der Waals surface area contributed by atoms with Crippen molar-refractivity contribution in [1.29, 1.82) is 0 Å². The van der Waals surface area contributed by atoms with E-state index >= 15 is 0 Å². The Balaban J connectivity index is 2.41. The molecule has 0 unspecified atom stereocenters. The molecule has 2 rings (SSSR count). The van der Waals surface area contributed by atoms with Crippen LogP contribution in [0.2, 0.25) is 0 Å². The third kappa shape index (κ3) is 2.44. The highest BCUT2D eigenvalue weighted by Crippen LogP contribution is 2.24. The fourth-order valence-electron chi connectivity index (χ4n) is 2.05. The Kier molecular flexibility index (Phi) is 3.38. The molecule has 1 aromatic carbocycles. The van der Waals surface area contributed by atoms with Gasteiger partial charge in [-0.15, -0.1) is 0 Å². The molecule has 0 amide bonds. The van der Waals surface area contributed by atoms with Crippen molar-refractivity contribution in [3.63, 3.8) is 0 Å². The number of benzene rings is 1. The van der Waals surface area contributed by atoms with Crippen LogP contribution in [0.25, 0.3) is 10.9 Å². The number of ether oxygens (including phenoxy) is 1. The Morgan fingerprint density at radius 1 is 1.29 bits per heavy atom. The summed E-state index contributed by atoms with van der Waals surface area (Å²) in [7, 11) is 0. The second-order valence-corrected chi connectivity index (χ2v) is 4.48. The number of fused-ring (bicyclic) bond motifs is 1. The van der Waals surface area contributed by atoms with Gasteiger partial charge in [0.25, 0.3) is 0 Å². The van der Waals surface area contributed by atoms with E-state index in [9.17, 15) is 5.11 Å². The van der Waals surface area contributed by atoms with Crippen LogP contribution in [0.1, 0.15) is 26.5 Å². The predicted octanol–water partition coefficient (Wildman–Crippen LogP) is 3.29.